The molecular weight excluding hydrogens is 369 g/mol. The number of alkyl halides is 3. The van der Waals surface area contributed by atoms with E-state index >= 15 is 0 Å². The number of hydrogen-bond donors (Lipinski definition) is 2. The normalized spacial score (nSPS) is 15.4. The summed E-state index contributed by atoms with van der Waals surface area (Å²) >= 11 is 0. The molecule has 1 aromatic carbocycles. The fraction of sp³-hybridized carbons (Fsp3) is 0.412. The van der Waals surface area contributed by atoms with Crippen molar-refractivity contribution in [3.05, 3.63) is 47.3 Å². The third-order valence-electron chi connectivity index (χ3n) is 4.24. The van der Waals surface area contributed by atoms with E-state index in [0.29, 0.717) is 12.8 Å². The first-order valence-corrected chi connectivity index (χ1v) is 8.10. The lowest BCUT2D eigenvalue weighted by Crippen LogP contribution is -2.43. The third kappa shape index (κ3) is 4.37. The number of nitrogens with zero attached hydrogens (tertiary/aromatic N) is 2. The number of aryl methyl sites for hydroxylation is 1. The van der Waals surface area contributed by atoms with Crippen LogP contribution in [0.5, 0.6) is 0 Å². The van der Waals surface area contributed by atoms with Gasteiger partial charge in [0.15, 0.2) is 5.69 Å². The van der Waals surface area contributed by atoms with Crippen LogP contribution in [-0.2, 0) is 6.18 Å². The van der Waals surface area contributed by atoms with Crippen molar-refractivity contribution in [2.75, 3.05) is 13.1 Å². The quantitative estimate of drug-likeness (QED) is 0.849. The molecule has 0 bridgehead atoms. The molecule has 2 heterocycles. The molecule has 1 amide bonds. The summed E-state index contributed by atoms with van der Waals surface area (Å²) in [6.07, 6.45) is -2.32. The van der Waals surface area contributed by atoms with Gasteiger partial charge in [-0.15, -0.1) is 12.4 Å². The molecule has 2 N–H and O–H groups in total. The van der Waals surface area contributed by atoms with Gasteiger partial charge < -0.3 is 10.6 Å². The van der Waals surface area contributed by atoms with E-state index in [0.717, 1.165) is 29.5 Å². The molecule has 0 radical (unpaired) electrons. The predicted molar refractivity (Wildman–Crippen MR) is 93.9 cm³/mol. The number of halogens is 4. The van der Waals surface area contributed by atoms with E-state index in [9.17, 15) is 18.0 Å². The molecule has 5 nitrogen and oxygen atoms in total. The number of hydrogen-bond acceptors (Lipinski definition) is 3. The van der Waals surface area contributed by atoms with E-state index in [1.807, 2.05) is 6.92 Å². The highest BCUT2D eigenvalue weighted by Crippen LogP contribution is 2.33. The second-order valence-corrected chi connectivity index (χ2v) is 6.15. The second kappa shape index (κ2) is 8.09. The number of carbonyl (C=O) groups is 1. The third-order valence-corrected chi connectivity index (χ3v) is 4.24. The lowest BCUT2D eigenvalue weighted by Gasteiger charge is -2.23. The van der Waals surface area contributed by atoms with Crippen molar-refractivity contribution in [3.63, 3.8) is 0 Å². The maximum Gasteiger partial charge on any atom is 0.434 e. The van der Waals surface area contributed by atoms with Gasteiger partial charge in [-0.25, -0.2) is 4.68 Å². The predicted octanol–water partition coefficient (Wildman–Crippen LogP) is 3.10. The van der Waals surface area contributed by atoms with Crippen LogP contribution in [0.1, 0.15) is 34.5 Å². The van der Waals surface area contributed by atoms with Gasteiger partial charge in [-0.2, -0.15) is 18.3 Å². The Labute approximate surface area is 155 Å². The molecule has 9 heteroatoms. The van der Waals surface area contributed by atoms with Gasteiger partial charge in [0, 0.05) is 6.04 Å². The molecule has 0 saturated carbocycles. The zero-order valence-corrected chi connectivity index (χ0v) is 15.0. The van der Waals surface area contributed by atoms with E-state index in [2.05, 4.69) is 15.7 Å². The fourth-order valence-corrected chi connectivity index (χ4v) is 2.90. The van der Waals surface area contributed by atoms with Crippen LogP contribution in [0.15, 0.2) is 30.5 Å². The zero-order valence-electron chi connectivity index (χ0n) is 14.1. The smallest absolute Gasteiger partial charge is 0.349 e. The topological polar surface area (TPSA) is 59.0 Å². The first-order valence-electron chi connectivity index (χ1n) is 8.10. The van der Waals surface area contributed by atoms with Gasteiger partial charge in [0.25, 0.3) is 5.91 Å². The molecule has 142 valence electrons. The summed E-state index contributed by atoms with van der Waals surface area (Å²) in [7, 11) is 0. The molecule has 3 rings (SSSR count). The van der Waals surface area contributed by atoms with E-state index < -0.39 is 23.3 Å². The minimum Gasteiger partial charge on any atom is -0.349 e. The van der Waals surface area contributed by atoms with Gasteiger partial charge in [0.1, 0.15) is 0 Å². The number of carbonyl (C=O) groups excluding carboxylic acids is 1. The number of nitrogens with one attached hydrogen (secondary N) is 2. The maximum absolute atomic E-state index is 13.6. The summed E-state index contributed by atoms with van der Waals surface area (Å²) in [6, 6.07) is 6.37. The average Bonchev–Trinajstić information content (AvgIpc) is 3.02. The summed E-state index contributed by atoms with van der Waals surface area (Å²) < 4.78 is 41.6. The van der Waals surface area contributed by atoms with Crippen LogP contribution in [-0.4, -0.2) is 34.8 Å². The van der Waals surface area contributed by atoms with Crippen LogP contribution in [0.25, 0.3) is 5.69 Å². The highest BCUT2D eigenvalue weighted by molar-refractivity contribution is 5.95. The van der Waals surface area contributed by atoms with Gasteiger partial charge in [0.2, 0.25) is 0 Å². The van der Waals surface area contributed by atoms with Crippen LogP contribution in [0.2, 0.25) is 0 Å². The molecule has 0 spiro atoms. The van der Waals surface area contributed by atoms with E-state index in [1.54, 1.807) is 24.3 Å². The second-order valence-electron chi connectivity index (χ2n) is 6.15. The first kappa shape index (κ1) is 20.3. The van der Waals surface area contributed by atoms with Crippen molar-refractivity contribution in [1.29, 1.82) is 0 Å². The van der Waals surface area contributed by atoms with Crippen LogP contribution in [0.3, 0.4) is 0 Å². The number of piperidine rings is 1. The lowest BCUT2D eigenvalue weighted by molar-refractivity contribution is -0.143. The van der Waals surface area contributed by atoms with Crippen LogP contribution in [0.4, 0.5) is 13.2 Å². The van der Waals surface area contributed by atoms with Crippen molar-refractivity contribution in [2.24, 2.45) is 0 Å². The number of rotatable bonds is 3. The largest absolute Gasteiger partial charge is 0.434 e. The maximum atomic E-state index is 13.6. The molecule has 1 aliphatic rings. The molecule has 2 aromatic rings. The molecule has 1 saturated heterocycles. The minimum atomic E-state index is -4.69. The molecule has 1 aromatic heterocycles. The van der Waals surface area contributed by atoms with Crippen molar-refractivity contribution in [3.8, 4) is 5.69 Å². The highest BCUT2D eigenvalue weighted by atomic mass is 35.5. The molecule has 1 aliphatic heterocycles. The molecule has 0 aliphatic carbocycles. The SMILES string of the molecule is Cc1ccc(-n2ncc(C(=O)NC3CCNCC3)c2C(F)(F)F)cc1.Cl. The van der Waals surface area contributed by atoms with Crippen molar-refractivity contribution in [2.45, 2.75) is 32.0 Å². The Balaban J connectivity index is 0.00000243. The Hall–Kier alpha value is -2.06. The summed E-state index contributed by atoms with van der Waals surface area (Å²) in [5.74, 6) is -0.738. The number of benzene rings is 1. The molecule has 1 fully saturated rings. The summed E-state index contributed by atoms with van der Waals surface area (Å²) in [4.78, 5) is 12.4. The molecule has 26 heavy (non-hydrogen) atoms. The Bertz CT molecular complexity index is 752. The van der Waals surface area contributed by atoms with Gasteiger partial charge >= 0.3 is 6.18 Å². The Morgan fingerprint density at radius 3 is 2.42 bits per heavy atom. The summed E-state index contributed by atoms with van der Waals surface area (Å²) in [5, 5.41) is 9.66. The monoisotopic (exact) mass is 388 g/mol. The van der Waals surface area contributed by atoms with Gasteiger partial charge in [-0.3, -0.25) is 4.79 Å². The summed E-state index contributed by atoms with van der Waals surface area (Å²) in [5.41, 5.74) is -0.318. The number of aromatic nitrogens is 2. The van der Waals surface area contributed by atoms with Crippen LogP contribution in [0, 0.1) is 6.92 Å². The molecular formula is C17H20ClF3N4O. The van der Waals surface area contributed by atoms with E-state index in [4.69, 9.17) is 0 Å². The van der Waals surface area contributed by atoms with Crippen LogP contribution >= 0.6 is 12.4 Å². The number of amides is 1. The Kier molecular flexibility index (Phi) is 6.30. The molecule has 0 atom stereocenters. The first-order chi connectivity index (χ1) is 11.9. The van der Waals surface area contributed by atoms with E-state index in [-0.39, 0.29) is 24.1 Å². The van der Waals surface area contributed by atoms with Crippen molar-refractivity contribution < 1.29 is 18.0 Å². The van der Waals surface area contributed by atoms with Crippen molar-refractivity contribution in [1.82, 2.24) is 20.4 Å². The minimum absolute atomic E-state index is 0. The van der Waals surface area contributed by atoms with E-state index in [1.165, 1.54) is 0 Å². The zero-order chi connectivity index (χ0) is 18.0. The Morgan fingerprint density at radius 2 is 1.85 bits per heavy atom. The van der Waals surface area contributed by atoms with Crippen LogP contribution < -0.4 is 10.6 Å². The van der Waals surface area contributed by atoms with Gasteiger partial charge in [0.05, 0.1) is 17.4 Å². The highest BCUT2D eigenvalue weighted by Gasteiger charge is 2.40. The Morgan fingerprint density at radius 1 is 1.23 bits per heavy atom. The van der Waals surface area contributed by atoms with Gasteiger partial charge in [-0.05, 0) is 45.0 Å². The van der Waals surface area contributed by atoms with Crippen molar-refractivity contribution >= 4 is 18.3 Å². The molecule has 0 unspecified atom stereocenters. The summed E-state index contributed by atoms with van der Waals surface area (Å²) in [6.45, 7) is 3.31. The fourth-order valence-electron chi connectivity index (χ4n) is 2.90. The lowest BCUT2D eigenvalue weighted by atomic mass is 10.1. The van der Waals surface area contributed by atoms with Gasteiger partial charge in [-0.1, -0.05) is 17.7 Å². The average molecular weight is 389 g/mol. The standard InChI is InChI=1S/C17H19F3N4O.ClH/c1-11-2-4-13(5-3-11)24-15(17(18,19)20)14(10-22-24)16(25)23-12-6-8-21-9-7-12;/h2-5,10,12,21H,6-9H2,1H3,(H,23,25);1H.